The van der Waals surface area contributed by atoms with Gasteiger partial charge < -0.3 is 26.2 Å². The maximum Gasteiger partial charge on any atom is 0.389 e. The molecule has 1 aliphatic heterocycles. The van der Waals surface area contributed by atoms with Crippen LogP contribution in [0.5, 0.6) is 0 Å². The van der Waals surface area contributed by atoms with Crippen LogP contribution in [0.1, 0.15) is 43.9 Å². The highest BCUT2D eigenvalue weighted by Gasteiger charge is 2.49. The molecule has 1 aromatic rings. The van der Waals surface area contributed by atoms with E-state index in [1.54, 1.807) is 11.8 Å². The molecule has 0 spiro atoms. The number of aliphatic imine (C=N–C) groups is 1. The summed E-state index contributed by atoms with van der Waals surface area (Å²) in [5, 5.41) is 9.80. The Bertz CT molecular complexity index is 904. The molecule has 5 N–H and O–H groups in total. The lowest BCUT2D eigenvalue weighted by atomic mass is 9.92. The summed E-state index contributed by atoms with van der Waals surface area (Å²) >= 11 is 0. The molecule has 8 nitrogen and oxygen atoms in total. The minimum absolute atomic E-state index is 0.0136. The van der Waals surface area contributed by atoms with E-state index in [0.717, 1.165) is 12.4 Å². The Morgan fingerprint density at radius 1 is 1.33 bits per heavy atom. The lowest BCUT2D eigenvalue weighted by molar-refractivity contribution is -0.136. The van der Waals surface area contributed by atoms with Gasteiger partial charge in [0.25, 0.3) is 0 Å². The van der Waals surface area contributed by atoms with Crippen molar-refractivity contribution in [2.24, 2.45) is 10.7 Å². The van der Waals surface area contributed by atoms with Crippen LogP contribution in [0.25, 0.3) is 0 Å². The second kappa shape index (κ2) is 9.75. The Morgan fingerprint density at radius 2 is 2.03 bits per heavy atom. The summed E-state index contributed by atoms with van der Waals surface area (Å²) in [4.78, 5) is 13.6. The number of rotatable bonds is 8. The summed E-state index contributed by atoms with van der Waals surface area (Å²) in [5.41, 5.74) is 11.6. The third-order valence-corrected chi connectivity index (χ3v) is 5.87. The highest BCUT2D eigenvalue weighted by Crippen LogP contribution is 2.54. The summed E-state index contributed by atoms with van der Waals surface area (Å²) in [6.07, 6.45) is -3.47. The van der Waals surface area contributed by atoms with Crippen molar-refractivity contribution in [2.75, 3.05) is 23.7 Å². The number of ether oxygens (including phenoxy) is 1. The van der Waals surface area contributed by atoms with Crippen LogP contribution >= 0.6 is 0 Å². The number of hydrogen-bond acceptors (Lipinski definition) is 8. The summed E-state index contributed by atoms with van der Waals surface area (Å²) in [6.45, 7) is -1.18. The highest BCUT2D eigenvalue weighted by molar-refractivity contribution is 5.80. The molecule has 2 fully saturated rings. The van der Waals surface area contributed by atoms with Gasteiger partial charge in [-0.1, -0.05) is 0 Å². The van der Waals surface area contributed by atoms with Crippen molar-refractivity contribution < 1.29 is 31.8 Å². The predicted molar refractivity (Wildman–Crippen MR) is 112 cm³/mol. The van der Waals surface area contributed by atoms with Crippen LogP contribution in [0.3, 0.4) is 0 Å². The van der Waals surface area contributed by atoms with Gasteiger partial charge in [0.1, 0.15) is 11.9 Å². The van der Waals surface area contributed by atoms with Crippen LogP contribution in [-0.4, -0.2) is 59.3 Å². The van der Waals surface area contributed by atoms with Crippen molar-refractivity contribution >= 4 is 18.0 Å². The average Bonchev–Trinajstić information content (AvgIpc) is 3.52. The zero-order valence-corrected chi connectivity index (χ0v) is 18.0. The molecule has 184 valence electrons. The Morgan fingerprint density at radius 3 is 2.58 bits per heavy atom. The molecule has 1 saturated carbocycles. The quantitative estimate of drug-likeness (QED) is 0.298. The van der Waals surface area contributed by atoms with Crippen molar-refractivity contribution in [3.63, 3.8) is 0 Å². The first-order valence-corrected chi connectivity index (χ1v) is 10.5. The first-order chi connectivity index (χ1) is 15.5. The van der Waals surface area contributed by atoms with Gasteiger partial charge in [0.2, 0.25) is 5.95 Å². The number of nitrogens with zero attached hydrogens (tertiary/aromatic N) is 4. The minimum atomic E-state index is -4.31. The molecular formula is C20H27F5N6O2. The van der Waals surface area contributed by atoms with E-state index >= 15 is 0 Å². The van der Waals surface area contributed by atoms with Gasteiger partial charge in [0, 0.05) is 41.9 Å². The Balaban J connectivity index is 1.91. The fourth-order valence-corrected chi connectivity index (χ4v) is 4.04. The van der Waals surface area contributed by atoms with Gasteiger partial charge in [-0.25, -0.2) is 9.98 Å². The normalized spacial score (nSPS) is 23.5. The molecule has 2 unspecified atom stereocenters. The molecule has 0 amide bonds. The third-order valence-electron chi connectivity index (χ3n) is 5.87. The number of anilines is 2. The van der Waals surface area contributed by atoms with Gasteiger partial charge in [-0.05, 0) is 26.2 Å². The molecule has 0 radical (unpaired) electrons. The van der Waals surface area contributed by atoms with Gasteiger partial charge in [0.05, 0.1) is 24.9 Å². The number of nitrogen functional groups attached to an aromatic ring is 1. The smallest absolute Gasteiger partial charge is 0.389 e. The van der Waals surface area contributed by atoms with Gasteiger partial charge in [-0.15, -0.1) is 0 Å². The molecule has 2 aliphatic rings. The molecule has 2 atom stereocenters. The van der Waals surface area contributed by atoms with Crippen LogP contribution in [0, 0.1) is 0 Å². The summed E-state index contributed by atoms with van der Waals surface area (Å²) in [6, 6.07) is 0. The Hall–Kier alpha value is -2.54. The second-order valence-electron chi connectivity index (χ2n) is 8.35. The van der Waals surface area contributed by atoms with Crippen molar-refractivity contribution in [1.82, 2.24) is 9.97 Å². The maximum absolute atomic E-state index is 12.9. The van der Waals surface area contributed by atoms with E-state index in [-0.39, 0.29) is 42.0 Å². The van der Waals surface area contributed by atoms with Gasteiger partial charge in [0.15, 0.2) is 0 Å². The van der Waals surface area contributed by atoms with Crippen LogP contribution in [-0.2, 0) is 16.8 Å². The summed E-state index contributed by atoms with van der Waals surface area (Å²) in [5.74, 6) is 0.153. The molecule has 2 heterocycles. The van der Waals surface area contributed by atoms with E-state index in [2.05, 4.69) is 15.0 Å². The van der Waals surface area contributed by atoms with Crippen molar-refractivity contribution in [1.29, 1.82) is 0 Å². The molecule has 3 rings (SSSR count). The SMILES string of the molecule is CC1CN(c2nc(N)c(CO)c(C3(CCC(F)(F)F)CC3)n2)CC(C(/C=N/C(F)F)=C/N)O1. The van der Waals surface area contributed by atoms with Crippen LogP contribution < -0.4 is 16.4 Å². The summed E-state index contributed by atoms with van der Waals surface area (Å²) in [7, 11) is 0. The van der Waals surface area contributed by atoms with E-state index in [4.69, 9.17) is 16.2 Å². The van der Waals surface area contributed by atoms with Crippen LogP contribution in [0.2, 0.25) is 0 Å². The Kier molecular flexibility index (Phi) is 7.42. The number of aliphatic hydroxyl groups is 1. The van der Waals surface area contributed by atoms with E-state index in [9.17, 15) is 27.1 Å². The highest BCUT2D eigenvalue weighted by atomic mass is 19.4. The molecule has 13 heteroatoms. The fraction of sp³-hybridized carbons (Fsp3) is 0.650. The number of halogens is 5. The number of nitrogens with two attached hydrogens (primary N) is 2. The van der Waals surface area contributed by atoms with Gasteiger partial charge in [-0.2, -0.15) is 26.9 Å². The van der Waals surface area contributed by atoms with Crippen LogP contribution in [0.15, 0.2) is 16.8 Å². The molecule has 0 bridgehead atoms. The largest absolute Gasteiger partial charge is 0.404 e. The lowest BCUT2D eigenvalue weighted by Gasteiger charge is -2.37. The number of alkyl halides is 5. The van der Waals surface area contributed by atoms with Crippen molar-refractivity contribution in [3.05, 3.63) is 23.0 Å². The molecule has 0 aromatic carbocycles. The third kappa shape index (κ3) is 6.08. The first kappa shape index (κ1) is 25.1. The monoisotopic (exact) mass is 478 g/mol. The number of morpholine rings is 1. The van der Waals surface area contributed by atoms with E-state index < -0.39 is 37.3 Å². The standard InChI is InChI=1S/C20H27F5N6O2/c1-11-8-31(9-14(33-11)12(6-26)7-28-17(21)22)18-29-15(13(10-32)16(27)30-18)19(2-3-19)4-5-20(23,24)25/h6-7,11,14,17,32H,2-5,8-10,26H2,1H3,(H2,27,29,30)/b12-6+,28-7+. The van der Waals surface area contributed by atoms with Gasteiger partial charge in [-0.3, -0.25) is 0 Å². The number of aliphatic hydroxyl groups excluding tert-OH is 1. The van der Waals surface area contributed by atoms with Crippen molar-refractivity contribution in [2.45, 2.75) is 69.6 Å². The predicted octanol–water partition coefficient (Wildman–Crippen LogP) is 2.65. The number of aromatic nitrogens is 2. The number of hydrogen-bond donors (Lipinski definition) is 3. The van der Waals surface area contributed by atoms with Crippen molar-refractivity contribution in [3.8, 4) is 0 Å². The first-order valence-electron chi connectivity index (χ1n) is 10.5. The van der Waals surface area contributed by atoms with E-state index in [1.807, 2.05) is 0 Å². The van der Waals surface area contributed by atoms with Gasteiger partial charge >= 0.3 is 12.7 Å². The minimum Gasteiger partial charge on any atom is -0.404 e. The summed E-state index contributed by atoms with van der Waals surface area (Å²) < 4.78 is 69.4. The maximum atomic E-state index is 12.9. The molecule has 33 heavy (non-hydrogen) atoms. The zero-order valence-electron chi connectivity index (χ0n) is 18.0. The zero-order chi connectivity index (χ0) is 24.4. The van der Waals surface area contributed by atoms with E-state index in [1.165, 1.54) is 0 Å². The average molecular weight is 478 g/mol. The van der Waals surface area contributed by atoms with Crippen LogP contribution in [0.4, 0.5) is 33.7 Å². The van der Waals surface area contributed by atoms with E-state index in [0.29, 0.717) is 25.1 Å². The molecular weight excluding hydrogens is 451 g/mol. The molecule has 1 aromatic heterocycles. The lowest BCUT2D eigenvalue weighted by Crippen LogP contribution is -2.48. The molecule has 1 saturated heterocycles. The topological polar surface area (TPSA) is 123 Å². The molecule has 1 aliphatic carbocycles. The second-order valence-corrected chi connectivity index (χ2v) is 8.35. The Labute approximate surface area is 187 Å². The fourth-order valence-electron chi connectivity index (χ4n) is 4.04.